The summed E-state index contributed by atoms with van der Waals surface area (Å²) in [5, 5.41) is 4.62. The average molecular weight is 477 g/mol. The van der Waals surface area contributed by atoms with Gasteiger partial charge in [0.2, 0.25) is 0 Å². The van der Waals surface area contributed by atoms with E-state index >= 15 is 0 Å². The number of hydrogen-bond donors (Lipinski definition) is 2. The summed E-state index contributed by atoms with van der Waals surface area (Å²) in [7, 11) is 0. The average Bonchev–Trinajstić information content (AvgIpc) is 3.23. The van der Waals surface area contributed by atoms with Crippen molar-refractivity contribution < 1.29 is 0 Å². The largest absolute Gasteiger partial charge is 0.376 e. The standard InChI is InChI=1S/C29H36N2S2/c30-18-20-11-13-23(14-12-20)31-27(32)29-16-21-15-28(19-29,22-7-3-1-4-8-22)17-25(29)26(21)33-24-9-5-2-6-10-24/h1-10,20-21,23,25-26H,11-19,30H2,(H,31,32). The quantitative estimate of drug-likeness (QED) is 0.477. The Labute approximate surface area is 208 Å². The fourth-order valence-electron chi connectivity index (χ4n) is 8.01. The van der Waals surface area contributed by atoms with E-state index in [1.54, 1.807) is 5.56 Å². The van der Waals surface area contributed by atoms with Gasteiger partial charge in [-0.15, -0.1) is 11.8 Å². The summed E-state index contributed by atoms with van der Waals surface area (Å²) in [4.78, 5) is 2.61. The van der Waals surface area contributed by atoms with Gasteiger partial charge >= 0.3 is 0 Å². The minimum atomic E-state index is 0.172. The first kappa shape index (κ1) is 22.1. The molecule has 5 fully saturated rings. The molecule has 0 heterocycles. The topological polar surface area (TPSA) is 38.0 Å². The fraction of sp³-hybridized carbons (Fsp3) is 0.552. The summed E-state index contributed by atoms with van der Waals surface area (Å²) in [5.74, 6) is 2.12. The van der Waals surface area contributed by atoms with Gasteiger partial charge in [0.05, 0.1) is 4.99 Å². The molecule has 0 radical (unpaired) electrons. The van der Waals surface area contributed by atoms with Crippen molar-refractivity contribution in [2.75, 3.05) is 6.54 Å². The minimum absolute atomic E-state index is 0.172. The van der Waals surface area contributed by atoms with E-state index in [1.165, 1.54) is 61.3 Å². The molecule has 174 valence electrons. The molecule has 0 amide bonds. The molecule has 5 aliphatic rings. The van der Waals surface area contributed by atoms with Crippen LogP contribution >= 0.6 is 24.0 Å². The van der Waals surface area contributed by atoms with Crippen LogP contribution in [0.15, 0.2) is 65.6 Å². The molecule has 33 heavy (non-hydrogen) atoms. The van der Waals surface area contributed by atoms with E-state index in [-0.39, 0.29) is 5.41 Å². The summed E-state index contributed by atoms with van der Waals surface area (Å²) < 4.78 is 0. The van der Waals surface area contributed by atoms with Crippen LogP contribution in [0.2, 0.25) is 0 Å². The second-order valence-electron chi connectivity index (χ2n) is 11.3. The molecule has 0 saturated heterocycles. The van der Waals surface area contributed by atoms with E-state index in [0.717, 1.165) is 12.5 Å². The van der Waals surface area contributed by atoms with Crippen molar-refractivity contribution in [1.82, 2.24) is 5.32 Å². The lowest BCUT2D eigenvalue weighted by molar-refractivity contribution is 0.218. The summed E-state index contributed by atoms with van der Waals surface area (Å²) in [6.45, 7) is 0.836. The third-order valence-electron chi connectivity index (χ3n) is 9.48. The Balaban J connectivity index is 1.28. The molecule has 7 rings (SSSR count). The Hall–Kier alpha value is -1.36. The van der Waals surface area contributed by atoms with Crippen molar-refractivity contribution in [2.45, 2.75) is 73.0 Å². The number of nitrogens with two attached hydrogens (primary N) is 1. The molecule has 0 aliphatic heterocycles. The normalized spacial score (nSPS) is 39.0. The molecule has 2 nitrogen and oxygen atoms in total. The van der Waals surface area contributed by atoms with Gasteiger partial charge in [-0.2, -0.15) is 0 Å². The highest BCUT2D eigenvalue weighted by Gasteiger charge is 2.69. The van der Waals surface area contributed by atoms with E-state index in [1.807, 2.05) is 0 Å². The molecular formula is C29H36N2S2. The number of thioether (sulfide) groups is 1. The van der Waals surface area contributed by atoms with Crippen molar-refractivity contribution in [3.05, 3.63) is 66.2 Å². The monoisotopic (exact) mass is 476 g/mol. The first-order valence-electron chi connectivity index (χ1n) is 12.9. The minimum Gasteiger partial charge on any atom is -0.376 e. The zero-order valence-corrected chi connectivity index (χ0v) is 21.1. The van der Waals surface area contributed by atoms with Crippen molar-refractivity contribution >= 4 is 29.0 Å². The van der Waals surface area contributed by atoms with Crippen LogP contribution in [0.4, 0.5) is 0 Å². The highest BCUT2D eigenvalue weighted by molar-refractivity contribution is 8.00. The number of thiocarbonyl (C=S) groups is 1. The van der Waals surface area contributed by atoms with Crippen molar-refractivity contribution in [2.24, 2.45) is 28.9 Å². The van der Waals surface area contributed by atoms with Gasteiger partial charge in [0.1, 0.15) is 0 Å². The van der Waals surface area contributed by atoms with Gasteiger partial charge < -0.3 is 11.1 Å². The molecule has 0 aromatic heterocycles. The van der Waals surface area contributed by atoms with Crippen molar-refractivity contribution in [1.29, 1.82) is 0 Å². The van der Waals surface area contributed by atoms with Gasteiger partial charge in [-0.3, -0.25) is 0 Å². The van der Waals surface area contributed by atoms with Crippen LogP contribution in [0, 0.1) is 23.2 Å². The molecule has 0 spiro atoms. The van der Waals surface area contributed by atoms with Crippen LogP contribution in [0.5, 0.6) is 0 Å². The molecule has 5 atom stereocenters. The zero-order valence-electron chi connectivity index (χ0n) is 19.4. The summed E-state index contributed by atoms with van der Waals surface area (Å²) in [6, 6.07) is 23.0. The molecule has 4 heteroatoms. The predicted octanol–water partition coefficient (Wildman–Crippen LogP) is 6.34. The lowest BCUT2D eigenvalue weighted by Crippen LogP contribution is -2.47. The maximum Gasteiger partial charge on any atom is 0.0821 e. The second-order valence-corrected chi connectivity index (χ2v) is 12.9. The van der Waals surface area contributed by atoms with E-state index in [2.05, 4.69) is 77.7 Å². The molecular weight excluding hydrogens is 440 g/mol. The molecule has 4 bridgehead atoms. The van der Waals surface area contributed by atoms with Gasteiger partial charge in [0, 0.05) is 21.6 Å². The highest BCUT2D eigenvalue weighted by atomic mass is 32.2. The Kier molecular flexibility index (Phi) is 5.83. The van der Waals surface area contributed by atoms with Crippen LogP contribution in [0.3, 0.4) is 0 Å². The summed E-state index contributed by atoms with van der Waals surface area (Å²) >= 11 is 8.46. The first-order chi connectivity index (χ1) is 16.1. The Bertz CT molecular complexity index is 987. The number of nitrogens with one attached hydrogen (secondary N) is 1. The number of hydrogen-bond acceptors (Lipinski definition) is 3. The molecule has 2 aromatic carbocycles. The Morgan fingerprint density at radius 2 is 1.64 bits per heavy atom. The zero-order chi connectivity index (χ0) is 22.5. The van der Waals surface area contributed by atoms with Crippen LogP contribution in [-0.4, -0.2) is 22.8 Å². The molecule has 2 aromatic rings. The van der Waals surface area contributed by atoms with E-state index in [9.17, 15) is 0 Å². The Morgan fingerprint density at radius 3 is 2.33 bits per heavy atom. The SMILES string of the molecule is NCC1CCC(NC(=S)C23CC4CC(c5ccccc5)(CC2C4Sc2ccccc2)C3)CC1. The molecule has 5 unspecified atom stereocenters. The second kappa shape index (κ2) is 8.70. The maximum atomic E-state index is 6.33. The third kappa shape index (κ3) is 3.77. The third-order valence-corrected chi connectivity index (χ3v) is 11.5. The smallest absolute Gasteiger partial charge is 0.0821 e. The number of rotatable bonds is 6. The van der Waals surface area contributed by atoms with Crippen molar-refractivity contribution in [3.8, 4) is 0 Å². The predicted molar refractivity (Wildman–Crippen MR) is 143 cm³/mol. The van der Waals surface area contributed by atoms with Gasteiger partial charge in [0.25, 0.3) is 0 Å². The van der Waals surface area contributed by atoms with Gasteiger partial charge in [-0.1, -0.05) is 60.7 Å². The lowest BCUT2D eigenvalue weighted by Gasteiger charge is -2.43. The summed E-state index contributed by atoms with van der Waals surface area (Å²) in [6.07, 6.45) is 10.1. The highest BCUT2D eigenvalue weighted by Crippen LogP contribution is 2.73. The molecule has 5 saturated carbocycles. The lowest BCUT2D eigenvalue weighted by atomic mass is 9.63. The molecule has 3 N–H and O–H groups in total. The van der Waals surface area contributed by atoms with Crippen LogP contribution < -0.4 is 11.1 Å². The maximum absolute atomic E-state index is 6.33. The fourth-order valence-corrected chi connectivity index (χ4v) is 10.0. The Morgan fingerprint density at radius 1 is 0.939 bits per heavy atom. The summed E-state index contributed by atoms with van der Waals surface area (Å²) in [5.41, 5.74) is 7.97. The van der Waals surface area contributed by atoms with Gasteiger partial charge in [-0.05, 0) is 98.8 Å². The van der Waals surface area contributed by atoms with E-state index in [0.29, 0.717) is 28.5 Å². The van der Waals surface area contributed by atoms with E-state index in [4.69, 9.17) is 18.0 Å². The van der Waals surface area contributed by atoms with Crippen LogP contribution in [0.25, 0.3) is 0 Å². The number of benzene rings is 2. The van der Waals surface area contributed by atoms with E-state index < -0.39 is 0 Å². The van der Waals surface area contributed by atoms with Crippen LogP contribution in [-0.2, 0) is 5.41 Å². The van der Waals surface area contributed by atoms with Gasteiger partial charge in [-0.25, -0.2) is 0 Å². The molecule has 5 aliphatic carbocycles. The van der Waals surface area contributed by atoms with Crippen LogP contribution in [0.1, 0.15) is 56.9 Å². The van der Waals surface area contributed by atoms with Gasteiger partial charge in [0.15, 0.2) is 0 Å². The van der Waals surface area contributed by atoms with Crippen molar-refractivity contribution in [3.63, 3.8) is 0 Å². The first-order valence-corrected chi connectivity index (χ1v) is 14.2.